The van der Waals surface area contributed by atoms with Crippen molar-refractivity contribution < 1.29 is 19.0 Å². The van der Waals surface area contributed by atoms with Crippen LogP contribution in [0.15, 0.2) is 59.7 Å². The lowest BCUT2D eigenvalue weighted by Gasteiger charge is -2.17. The van der Waals surface area contributed by atoms with E-state index >= 15 is 0 Å². The van der Waals surface area contributed by atoms with Gasteiger partial charge >= 0.3 is 0 Å². The summed E-state index contributed by atoms with van der Waals surface area (Å²) in [6, 6.07) is 15.1. The number of ketones is 1. The fourth-order valence-electron chi connectivity index (χ4n) is 2.63. The summed E-state index contributed by atoms with van der Waals surface area (Å²) < 4.78 is 15.9. The molecule has 0 radical (unpaired) electrons. The van der Waals surface area contributed by atoms with Crippen LogP contribution in [0.4, 0.5) is 0 Å². The van der Waals surface area contributed by atoms with Crippen molar-refractivity contribution in [2.24, 2.45) is 0 Å². The molecule has 0 aliphatic carbocycles. The minimum absolute atomic E-state index is 0.0258. The molecule has 4 heteroatoms. The van der Waals surface area contributed by atoms with Crippen LogP contribution in [0.25, 0.3) is 12.2 Å². The van der Waals surface area contributed by atoms with Crippen LogP contribution >= 0.6 is 0 Å². The van der Waals surface area contributed by atoms with Crippen LogP contribution in [0.5, 0.6) is 11.5 Å². The average molecular weight is 336 g/mol. The SMILES string of the molecule is COc1ccc(/C=C2/COC/C(=C\c3ccc(OC)cc3)C2=O)cc1. The number of hydrogen-bond acceptors (Lipinski definition) is 4. The number of rotatable bonds is 4. The topological polar surface area (TPSA) is 44.8 Å². The number of ether oxygens (including phenoxy) is 3. The molecule has 4 nitrogen and oxygen atoms in total. The van der Waals surface area contributed by atoms with Gasteiger partial charge in [-0.25, -0.2) is 0 Å². The molecule has 3 rings (SSSR count). The summed E-state index contributed by atoms with van der Waals surface area (Å²) >= 11 is 0. The van der Waals surface area contributed by atoms with Gasteiger partial charge in [-0.2, -0.15) is 0 Å². The Morgan fingerprint density at radius 2 is 1.16 bits per heavy atom. The second-order valence-electron chi connectivity index (χ2n) is 5.71. The Morgan fingerprint density at radius 3 is 1.52 bits per heavy atom. The lowest BCUT2D eigenvalue weighted by molar-refractivity contribution is -0.114. The molecule has 0 bridgehead atoms. The van der Waals surface area contributed by atoms with E-state index in [9.17, 15) is 4.79 Å². The number of carbonyl (C=O) groups is 1. The summed E-state index contributed by atoms with van der Waals surface area (Å²) in [6.07, 6.45) is 3.73. The van der Waals surface area contributed by atoms with Crippen LogP contribution in [0.1, 0.15) is 11.1 Å². The molecule has 1 aliphatic rings. The van der Waals surface area contributed by atoms with Gasteiger partial charge in [0.05, 0.1) is 27.4 Å². The van der Waals surface area contributed by atoms with Crippen LogP contribution in [-0.2, 0) is 9.53 Å². The summed E-state index contributed by atoms with van der Waals surface area (Å²) in [7, 11) is 3.25. The third-order valence-electron chi connectivity index (χ3n) is 4.01. The number of Topliss-reactive ketones (excluding diaryl/α,β-unsaturated/α-hetero) is 1. The molecule has 1 saturated heterocycles. The van der Waals surface area contributed by atoms with Gasteiger partial charge in [0, 0.05) is 11.1 Å². The molecular weight excluding hydrogens is 316 g/mol. The van der Waals surface area contributed by atoms with E-state index in [1.54, 1.807) is 14.2 Å². The molecule has 0 aromatic heterocycles. The van der Waals surface area contributed by atoms with Gasteiger partial charge in [-0.05, 0) is 47.5 Å². The molecule has 25 heavy (non-hydrogen) atoms. The zero-order valence-corrected chi connectivity index (χ0v) is 14.3. The largest absolute Gasteiger partial charge is 0.497 e. The molecule has 1 aliphatic heterocycles. The predicted molar refractivity (Wildman–Crippen MR) is 97.8 cm³/mol. The molecule has 0 spiro atoms. The van der Waals surface area contributed by atoms with E-state index in [0.29, 0.717) is 24.4 Å². The summed E-state index contributed by atoms with van der Waals surface area (Å²) in [5.41, 5.74) is 3.18. The zero-order chi connectivity index (χ0) is 17.6. The highest BCUT2D eigenvalue weighted by Gasteiger charge is 2.21. The van der Waals surface area contributed by atoms with Gasteiger partial charge in [0.1, 0.15) is 11.5 Å². The highest BCUT2D eigenvalue weighted by atomic mass is 16.5. The van der Waals surface area contributed by atoms with Gasteiger partial charge in [-0.15, -0.1) is 0 Å². The van der Waals surface area contributed by atoms with Crippen molar-refractivity contribution in [3.63, 3.8) is 0 Å². The Kier molecular flexibility index (Phi) is 5.31. The molecule has 1 fully saturated rings. The quantitative estimate of drug-likeness (QED) is 0.797. The Morgan fingerprint density at radius 1 is 0.760 bits per heavy atom. The zero-order valence-electron chi connectivity index (χ0n) is 14.3. The summed E-state index contributed by atoms with van der Waals surface area (Å²) in [4.78, 5) is 12.7. The second kappa shape index (κ2) is 7.81. The minimum atomic E-state index is 0.0258. The summed E-state index contributed by atoms with van der Waals surface area (Å²) in [5, 5.41) is 0. The van der Waals surface area contributed by atoms with Crippen LogP contribution in [0, 0.1) is 0 Å². The van der Waals surface area contributed by atoms with E-state index in [0.717, 1.165) is 22.6 Å². The predicted octanol–water partition coefficient (Wildman–Crippen LogP) is 3.77. The lowest BCUT2D eigenvalue weighted by Crippen LogP contribution is -2.21. The lowest BCUT2D eigenvalue weighted by atomic mass is 9.98. The van der Waals surface area contributed by atoms with Crippen LogP contribution in [0.3, 0.4) is 0 Å². The monoisotopic (exact) mass is 336 g/mol. The van der Waals surface area contributed by atoms with Crippen molar-refractivity contribution >= 4 is 17.9 Å². The minimum Gasteiger partial charge on any atom is -0.497 e. The van der Waals surface area contributed by atoms with Gasteiger partial charge in [0.15, 0.2) is 5.78 Å². The van der Waals surface area contributed by atoms with Crippen molar-refractivity contribution in [3.05, 3.63) is 70.8 Å². The van der Waals surface area contributed by atoms with Gasteiger partial charge in [-0.3, -0.25) is 4.79 Å². The Labute approximate surface area is 147 Å². The molecule has 2 aromatic rings. The molecule has 0 atom stereocenters. The van der Waals surface area contributed by atoms with Crippen LogP contribution in [0.2, 0.25) is 0 Å². The third kappa shape index (κ3) is 4.17. The molecule has 0 N–H and O–H groups in total. The molecule has 2 aromatic carbocycles. The Bertz CT molecular complexity index is 731. The van der Waals surface area contributed by atoms with Gasteiger partial charge in [0.2, 0.25) is 0 Å². The fourth-order valence-corrected chi connectivity index (χ4v) is 2.63. The van der Waals surface area contributed by atoms with Gasteiger partial charge < -0.3 is 14.2 Å². The molecular formula is C21H20O4. The van der Waals surface area contributed by atoms with E-state index in [4.69, 9.17) is 14.2 Å². The van der Waals surface area contributed by atoms with Crippen LogP contribution in [-0.4, -0.2) is 33.2 Å². The van der Waals surface area contributed by atoms with Gasteiger partial charge in [0.25, 0.3) is 0 Å². The first-order valence-electron chi connectivity index (χ1n) is 8.01. The maximum absolute atomic E-state index is 12.7. The number of methoxy groups -OCH3 is 2. The van der Waals surface area contributed by atoms with E-state index in [-0.39, 0.29) is 5.78 Å². The van der Waals surface area contributed by atoms with Crippen molar-refractivity contribution in [2.45, 2.75) is 0 Å². The number of carbonyl (C=O) groups excluding carboxylic acids is 1. The van der Waals surface area contributed by atoms with E-state index in [2.05, 4.69) is 0 Å². The first-order chi connectivity index (χ1) is 12.2. The van der Waals surface area contributed by atoms with E-state index in [1.165, 1.54) is 0 Å². The highest BCUT2D eigenvalue weighted by Crippen LogP contribution is 2.22. The standard InChI is InChI=1S/C21H20O4/c1-23-19-7-3-15(4-8-19)11-17-13-25-14-18(21(17)22)12-16-5-9-20(24-2)10-6-16/h3-12H,13-14H2,1-2H3/b17-11-,18-12+. The molecule has 0 amide bonds. The molecule has 128 valence electrons. The maximum Gasteiger partial charge on any atom is 0.189 e. The number of benzene rings is 2. The summed E-state index contributed by atoms with van der Waals surface area (Å²) in [6.45, 7) is 0.648. The Hall–Kier alpha value is -2.85. The van der Waals surface area contributed by atoms with Crippen molar-refractivity contribution in [3.8, 4) is 11.5 Å². The molecule has 0 saturated carbocycles. The third-order valence-corrected chi connectivity index (χ3v) is 4.01. The fraction of sp³-hybridized carbons (Fsp3) is 0.190. The first-order valence-corrected chi connectivity index (χ1v) is 8.01. The maximum atomic E-state index is 12.7. The smallest absolute Gasteiger partial charge is 0.189 e. The number of hydrogen-bond donors (Lipinski definition) is 0. The summed E-state index contributed by atoms with van der Waals surface area (Å²) in [5.74, 6) is 1.60. The van der Waals surface area contributed by atoms with Crippen molar-refractivity contribution in [1.82, 2.24) is 0 Å². The normalized spacial score (nSPS) is 17.8. The van der Waals surface area contributed by atoms with E-state index in [1.807, 2.05) is 60.7 Å². The Balaban J connectivity index is 1.81. The van der Waals surface area contributed by atoms with Gasteiger partial charge in [-0.1, -0.05) is 24.3 Å². The van der Waals surface area contributed by atoms with E-state index < -0.39 is 0 Å². The molecule has 0 unspecified atom stereocenters. The molecule has 1 heterocycles. The second-order valence-corrected chi connectivity index (χ2v) is 5.71. The average Bonchev–Trinajstić information content (AvgIpc) is 2.66. The first kappa shape index (κ1) is 17.0. The van der Waals surface area contributed by atoms with Crippen molar-refractivity contribution in [1.29, 1.82) is 0 Å². The highest BCUT2D eigenvalue weighted by molar-refractivity contribution is 6.14. The van der Waals surface area contributed by atoms with Crippen molar-refractivity contribution in [2.75, 3.05) is 27.4 Å². The van der Waals surface area contributed by atoms with Crippen LogP contribution < -0.4 is 9.47 Å².